The Labute approximate surface area is 125 Å². The molecule has 2 aromatic rings. The molecule has 1 aromatic heterocycles. The molecule has 21 heavy (non-hydrogen) atoms. The van der Waals surface area contributed by atoms with E-state index in [0.717, 1.165) is 24.0 Å². The number of hydrogen-bond donors (Lipinski definition) is 0. The largest absolute Gasteiger partial charge is 0.370 e. The first-order valence-corrected chi connectivity index (χ1v) is 7.95. The number of rotatable bonds is 2. The van der Waals surface area contributed by atoms with Gasteiger partial charge in [0.1, 0.15) is 0 Å². The number of fused-ring (bicyclic) bond motifs is 1. The lowest BCUT2D eigenvalue weighted by Gasteiger charge is -2.24. The average Bonchev–Trinajstić information content (AvgIpc) is 3.22. The quantitative estimate of drug-likeness (QED) is 0.833. The Morgan fingerprint density at radius 2 is 2.10 bits per heavy atom. The summed E-state index contributed by atoms with van der Waals surface area (Å²) >= 11 is 0. The molecule has 2 heterocycles. The van der Waals surface area contributed by atoms with Crippen LogP contribution in [0.25, 0.3) is 10.9 Å². The maximum Gasteiger partial charge on any atom is 0.0992 e. The van der Waals surface area contributed by atoms with E-state index < -0.39 is 0 Å². The Bertz CT molecular complexity index is 704. The van der Waals surface area contributed by atoms with Crippen LogP contribution in [0.1, 0.15) is 44.1 Å². The third-order valence-electron chi connectivity index (χ3n) is 5.16. The molecule has 1 aromatic carbocycles. The summed E-state index contributed by atoms with van der Waals surface area (Å²) in [5.41, 5.74) is 2.07. The number of benzene rings is 1. The van der Waals surface area contributed by atoms with Gasteiger partial charge in [-0.05, 0) is 49.3 Å². The molecule has 1 saturated carbocycles. The van der Waals surface area contributed by atoms with Gasteiger partial charge in [-0.1, -0.05) is 18.9 Å². The monoisotopic (exact) mass is 280 g/mol. The van der Waals surface area contributed by atoms with Crippen molar-refractivity contribution in [2.75, 3.05) is 0 Å². The van der Waals surface area contributed by atoms with Gasteiger partial charge < -0.3 is 9.30 Å². The van der Waals surface area contributed by atoms with Crippen LogP contribution in [0, 0.1) is 11.3 Å². The number of aromatic nitrogens is 1. The molecule has 2 fully saturated rings. The van der Waals surface area contributed by atoms with Crippen LogP contribution in [0.4, 0.5) is 0 Å². The van der Waals surface area contributed by atoms with Gasteiger partial charge >= 0.3 is 0 Å². The first-order valence-electron chi connectivity index (χ1n) is 7.95. The first-order chi connectivity index (χ1) is 10.3. The van der Waals surface area contributed by atoms with Crippen molar-refractivity contribution < 1.29 is 4.74 Å². The normalized spacial score (nSPS) is 23.9. The van der Waals surface area contributed by atoms with Crippen LogP contribution in [0.3, 0.4) is 0 Å². The van der Waals surface area contributed by atoms with Gasteiger partial charge in [0.15, 0.2) is 0 Å². The maximum atomic E-state index is 9.07. The van der Waals surface area contributed by atoms with Gasteiger partial charge in [-0.25, -0.2) is 0 Å². The van der Waals surface area contributed by atoms with Gasteiger partial charge in [-0.15, -0.1) is 0 Å². The summed E-state index contributed by atoms with van der Waals surface area (Å²) in [7, 11) is 0. The van der Waals surface area contributed by atoms with E-state index in [9.17, 15) is 0 Å². The number of ether oxygens (including phenoxy) is 1. The molecular weight excluding hydrogens is 260 g/mol. The average molecular weight is 280 g/mol. The Morgan fingerprint density at radius 1 is 1.24 bits per heavy atom. The third-order valence-corrected chi connectivity index (χ3v) is 5.16. The molecule has 0 radical (unpaired) electrons. The van der Waals surface area contributed by atoms with Gasteiger partial charge in [0.2, 0.25) is 0 Å². The standard InChI is InChI=1S/C18H20N2O/c19-12-14-3-4-15-6-10-20(17(15)11-14)13-16-5-9-18(21-16)7-1-2-8-18/h3-4,6,10-11,16H,1-2,5,7-9,13H2. The zero-order chi connectivity index (χ0) is 14.3. The molecule has 108 valence electrons. The Morgan fingerprint density at radius 3 is 2.90 bits per heavy atom. The molecule has 1 aliphatic heterocycles. The number of nitriles is 1. The topological polar surface area (TPSA) is 38.0 Å². The van der Waals surface area contributed by atoms with Crippen molar-refractivity contribution >= 4 is 10.9 Å². The summed E-state index contributed by atoms with van der Waals surface area (Å²) in [5, 5.41) is 10.3. The van der Waals surface area contributed by atoms with Crippen molar-refractivity contribution in [2.45, 2.75) is 56.8 Å². The summed E-state index contributed by atoms with van der Waals surface area (Å²) in [6.45, 7) is 0.903. The predicted molar refractivity (Wildman–Crippen MR) is 82.0 cm³/mol. The first kappa shape index (κ1) is 12.9. The molecule has 1 aliphatic carbocycles. The highest BCUT2D eigenvalue weighted by atomic mass is 16.5. The molecular formula is C18H20N2O. The lowest BCUT2D eigenvalue weighted by molar-refractivity contribution is -0.0414. The van der Waals surface area contributed by atoms with E-state index in [1.807, 2.05) is 18.2 Å². The molecule has 1 spiro atoms. The van der Waals surface area contributed by atoms with Crippen molar-refractivity contribution in [3.8, 4) is 6.07 Å². The van der Waals surface area contributed by atoms with E-state index in [1.165, 1.54) is 37.5 Å². The molecule has 3 heteroatoms. The van der Waals surface area contributed by atoms with Crippen LogP contribution < -0.4 is 0 Å². The van der Waals surface area contributed by atoms with Crippen molar-refractivity contribution in [3.63, 3.8) is 0 Å². The van der Waals surface area contributed by atoms with E-state index in [2.05, 4.69) is 22.9 Å². The molecule has 4 rings (SSSR count). The Balaban J connectivity index is 1.56. The van der Waals surface area contributed by atoms with Gasteiger partial charge in [-0.3, -0.25) is 0 Å². The van der Waals surface area contributed by atoms with E-state index in [1.54, 1.807) is 0 Å². The van der Waals surface area contributed by atoms with Crippen molar-refractivity contribution in [3.05, 3.63) is 36.0 Å². The van der Waals surface area contributed by atoms with E-state index in [0.29, 0.717) is 6.10 Å². The molecule has 1 saturated heterocycles. The summed E-state index contributed by atoms with van der Waals surface area (Å²) in [6, 6.07) is 10.2. The highest BCUT2D eigenvalue weighted by molar-refractivity contribution is 5.81. The third kappa shape index (κ3) is 2.24. The lowest BCUT2D eigenvalue weighted by atomic mass is 9.98. The maximum absolute atomic E-state index is 9.07. The van der Waals surface area contributed by atoms with Crippen LogP contribution in [-0.4, -0.2) is 16.3 Å². The van der Waals surface area contributed by atoms with Crippen LogP contribution in [-0.2, 0) is 11.3 Å². The second-order valence-corrected chi connectivity index (χ2v) is 6.52. The zero-order valence-electron chi connectivity index (χ0n) is 12.2. The number of nitrogens with zero attached hydrogens (tertiary/aromatic N) is 2. The SMILES string of the molecule is N#Cc1ccc2ccn(CC3CCC4(CCCC4)O3)c2c1. The zero-order valence-corrected chi connectivity index (χ0v) is 12.2. The molecule has 2 aliphatic rings. The van der Waals surface area contributed by atoms with Crippen LogP contribution in [0.2, 0.25) is 0 Å². The fourth-order valence-corrected chi connectivity index (χ4v) is 4.04. The Hall–Kier alpha value is -1.79. The van der Waals surface area contributed by atoms with E-state index in [-0.39, 0.29) is 5.60 Å². The highest BCUT2D eigenvalue weighted by Gasteiger charge is 2.42. The second-order valence-electron chi connectivity index (χ2n) is 6.52. The summed E-state index contributed by atoms with van der Waals surface area (Å²) in [6.07, 6.45) is 9.97. The highest BCUT2D eigenvalue weighted by Crippen LogP contribution is 2.43. The van der Waals surface area contributed by atoms with Gasteiger partial charge in [0.25, 0.3) is 0 Å². The molecule has 1 unspecified atom stereocenters. The number of hydrogen-bond acceptors (Lipinski definition) is 2. The van der Waals surface area contributed by atoms with Crippen LogP contribution >= 0.6 is 0 Å². The van der Waals surface area contributed by atoms with Crippen LogP contribution in [0.5, 0.6) is 0 Å². The van der Waals surface area contributed by atoms with Crippen molar-refractivity contribution in [1.82, 2.24) is 4.57 Å². The fourth-order valence-electron chi connectivity index (χ4n) is 4.04. The fraction of sp³-hybridized carbons (Fsp3) is 0.500. The molecule has 3 nitrogen and oxygen atoms in total. The predicted octanol–water partition coefficient (Wildman–Crippen LogP) is 4.00. The van der Waals surface area contributed by atoms with Gasteiger partial charge in [0, 0.05) is 18.3 Å². The van der Waals surface area contributed by atoms with Gasteiger partial charge in [-0.2, -0.15) is 5.26 Å². The van der Waals surface area contributed by atoms with Crippen molar-refractivity contribution in [2.24, 2.45) is 0 Å². The lowest BCUT2D eigenvalue weighted by Crippen LogP contribution is -2.26. The molecule has 0 bridgehead atoms. The summed E-state index contributed by atoms with van der Waals surface area (Å²) < 4.78 is 8.65. The minimum absolute atomic E-state index is 0.200. The van der Waals surface area contributed by atoms with Crippen molar-refractivity contribution in [1.29, 1.82) is 5.26 Å². The Kier molecular flexibility index (Phi) is 3.01. The van der Waals surface area contributed by atoms with Crippen LogP contribution in [0.15, 0.2) is 30.5 Å². The summed E-state index contributed by atoms with van der Waals surface area (Å²) in [5.74, 6) is 0. The molecule has 1 atom stereocenters. The smallest absolute Gasteiger partial charge is 0.0992 e. The second kappa shape index (κ2) is 4.89. The van der Waals surface area contributed by atoms with Gasteiger partial charge in [0.05, 0.1) is 23.3 Å². The minimum Gasteiger partial charge on any atom is -0.370 e. The minimum atomic E-state index is 0.200. The van der Waals surface area contributed by atoms with E-state index in [4.69, 9.17) is 10.00 Å². The molecule has 0 N–H and O–H groups in total. The summed E-state index contributed by atoms with van der Waals surface area (Å²) in [4.78, 5) is 0. The molecule has 0 amide bonds. The van der Waals surface area contributed by atoms with E-state index >= 15 is 0 Å².